The molecule has 1 heterocycles. The molecular weight excluding hydrogens is 948 g/mol. The lowest BCUT2D eigenvalue weighted by atomic mass is 9.84. The quantitative estimate of drug-likeness (QED) is 0.120. The average Bonchev–Trinajstić information content (AvgIpc) is 3.87. The number of benzene rings is 15. The summed E-state index contributed by atoms with van der Waals surface area (Å²) in [4.78, 5) is 0. The van der Waals surface area contributed by atoms with E-state index in [1.165, 1.54) is 147 Å². The molecule has 0 saturated carbocycles. The maximum atomic E-state index is 2.47. The highest BCUT2D eigenvalue weighted by atomic mass is 15.0. The molecule has 3 heteroatoms. The molecule has 15 aromatic carbocycles. The van der Waals surface area contributed by atoms with Crippen molar-refractivity contribution in [2.24, 2.45) is 0 Å². The van der Waals surface area contributed by atoms with E-state index in [4.69, 9.17) is 0 Å². The summed E-state index contributed by atoms with van der Waals surface area (Å²) in [5, 5.41) is 20.4. The Hall–Kier alpha value is -9.95. The van der Waals surface area contributed by atoms with Crippen molar-refractivity contribution < 1.29 is 0 Å². The third-order valence-corrected chi connectivity index (χ3v) is 16.0. The molecule has 79 heavy (non-hydrogen) atoms. The number of aromatic nitrogens is 1. The second-order valence-corrected chi connectivity index (χ2v) is 20.2. The van der Waals surface area contributed by atoms with Crippen LogP contribution in [-0.4, -0.2) is 21.4 Å². The minimum absolute atomic E-state index is 0. The zero-order valence-corrected chi connectivity index (χ0v) is 43.4. The number of fused-ring (bicyclic) bond motifs is 10. The predicted molar refractivity (Wildman–Crippen MR) is 343 cm³/mol. The Kier molecular flexibility index (Phi) is 12.4. The fraction of sp³-hybridized carbons (Fsp3) is 0. The molecule has 364 valence electrons. The molecule has 1 nitrogen and oxygen atoms in total. The van der Waals surface area contributed by atoms with Crippen LogP contribution in [-0.2, 0) is 0 Å². The van der Waals surface area contributed by atoms with Gasteiger partial charge in [0.25, 0.3) is 0 Å². The van der Waals surface area contributed by atoms with Gasteiger partial charge >= 0.3 is 0 Å². The summed E-state index contributed by atoms with van der Waals surface area (Å²) in [6.07, 6.45) is 0. The zero-order valence-electron chi connectivity index (χ0n) is 43.4. The highest BCUT2D eigenvalue weighted by molar-refractivity contribution is 6.25. The molecule has 0 spiro atoms. The first-order valence-electron chi connectivity index (χ1n) is 26.7. The standard InChI is InChI=1S/C40H26.C36H23N.2B/c1-2-12-31-26-32(25-22-27(31)10-1)28-20-23-30(24-21-28)39-35-15-5-7-17-37(35)40(38-18-8-6-16-36(38)39)34-19-9-13-29-11-3-4-14-33(29)34;1-2-14-25-24(12-1)13-11-21-28(25)35-29-17-3-5-19-31(29)36(32-20-6-4-18-30(32)35)37-33-22-9-7-15-26(33)27-16-8-10-23-34(27)37;;/h1-26H;1-23H;;. The molecule has 16 aromatic rings. The number of rotatable bonds is 5. The Morgan fingerprint density at radius 1 is 0.190 bits per heavy atom. The topological polar surface area (TPSA) is 4.93 Å². The molecule has 0 amide bonds. The van der Waals surface area contributed by atoms with E-state index in [1.54, 1.807) is 0 Å². The Morgan fingerprint density at radius 2 is 0.506 bits per heavy atom. The van der Waals surface area contributed by atoms with E-state index in [9.17, 15) is 0 Å². The molecule has 0 aliphatic rings. The van der Waals surface area contributed by atoms with Gasteiger partial charge in [0.2, 0.25) is 0 Å². The smallest absolute Gasteiger partial charge is 0.0619 e. The third-order valence-electron chi connectivity index (χ3n) is 16.0. The van der Waals surface area contributed by atoms with E-state index >= 15 is 0 Å². The zero-order chi connectivity index (χ0) is 50.8. The second kappa shape index (κ2) is 20.2. The number of para-hydroxylation sites is 2. The Labute approximate surface area is 463 Å². The highest BCUT2D eigenvalue weighted by Crippen LogP contribution is 2.47. The van der Waals surface area contributed by atoms with Crippen LogP contribution in [0.2, 0.25) is 0 Å². The van der Waals surface area contributed by atoms with Crippen LogP contribution < -0.4 is 0 Å². The van der Waals surface area contributed by atoms with Crippen molar-refractivity contribution in [3.05, 3.63) is 297 Å². The minimum Gasteiger partial charge on any atom is -0.308 e. The van der Waals surface area contributed by atoms with Gasteiger partial charge in [0.05, 0.1) is 16.7 Å². The van der Waals surface area contributed by atoms with Gasteiger partial charge in [-0.15, -0.1) is 0 Å². The van der Waals surface area contributed by atoms with Gasteiger partial charge in [-0.1, -0.05) is 279 Å². The maximum absolute atomic E-state index is 2.47. The second-order valence-electron chi connectivity index (χ2n) is 20.2. The molecule has 1 aromatic heterocycles. The molecular formula is C76H49B2N. The monoisotopic (exact) mass is 997 g/mol. The van der Waals surface area contributed by atoms with E-state index in [1.807, 2.05) is 0 Å². The van der Waals surface area contributed by atoms with E-state index in [0.29, 0.717) is 0 Å². The SMILES string of the molecule is [B].[B].c1ccc2c(-c3c4ccccc4c(-n4c5ccccc5c5ccccc54)c4ccccc34)cccc2c1.c1ccc2cc(-c3ccc(-c4c5ccccc5c(-c5cccc6ccccc56)c5ccccc45)cc3)ccc2c1. The van der Waals surface area contributed by atoms with Gasteiger partial charge in [-0.05, 0) is 127 Å². The Balaban J connectivity index is 0.000000146. The van der Waals surface area contributed by atoms with Gasteiger partial charge < -0.3 is 4.57 Å². The molecule has 0 bridgehead atoms. The van der Waals surface area contributed by atoms with Crippen molar-refractivity contribution in [2.75, 3.05) is 0 Å². The first-order chi connectivity index (χ1) is 38.2. The Morgan fingerprint density at radius 3 is 0.975 bits per heavy atom. The predicted octanol–water partition coefficient (Wildman–Crippen LogP) is 20.4. The molecule has 0 fully saturated rings. The van der Waals surface area contributed by atoms with Gasteiger partial charge in [0.1, 0.15) is 0 Å². The molecule has 0 unspecified atom stereocenters. The molecule has 0 atom stereocenters. The largest absolute Gasteiger partial charge is 0.308 e. The lowest BCUT2D eigenvalue weighted by molar-refractivity contribution is 1.21. The van der Waals surface area contributed by atoms with E-state index < -0.39 is 0 Å². The number of hydrogen-bond acceptors (Lipinski definition) is 0. The lowest BCUT2D eigenvalue weighted by Crippen LogP contribution is -1.99. The minimum atomic E-state index is 0. The van der Waals surface area contributed by atoms with Crippen molar-refractivity contribution >= 4 is 114 Å². The molecule has 0 aliphatic carbocycles. The average molecular weight is 998 g/mol. The van der Waals surface area contributed by atoms with Crippen molar-refractivity contribution in [3.8, 4) is 50.2 Å². The normalized spacial score (nSPS) is 11.3. The van der Waals surface area contributed by atoms with Crippen molar-refractivity contribution in [1.82, 2.24) is 4.57 Å². The summed E-state index contributed by atoms with van der Waals surface area (Å²) in [6.45, 7) is 0. The molecule has 16 rings (SSSR count). The van der Waals surface area contributed by atoms with Gasteiger partial charge in [-0.25, -0.2) is 0 Å². The number of nitrogens with zero attached hydrogens (tertiary/aromatic N) is 1. The van der Waals surface area contributed by atoms with Crippen LogP contribution in [0, 0.1) is 0 Å². The van der Waals surface area contributed by atoms with Gasteiger partial charge in [-0.2, -0.15) is 0 Å². The van der Waals surface area contributed by atoms with Crippen LogP contribution in [0.5, 0.6) is 0 Å². The summed E-state index contributed by atoms with van der Waals surface area (Å²) in [5.74, 6) is 0. The first kappa shape index (κ1) is 48.7. The van der Waals surface area contributed by atoms with Crippen molar-refractivity contribution in [1.29, 1.82) is 0 Å². The van der Waals surface area contributed by atoms with Crippen molar-refractivity contribution in [2.45, 2.75) is 0 Å². The van der Waals surface area contributed by atoms with Crippen LogP contribution in [0.1, 0.15) is 0 Å². The fourth-order valence-electron chi connectivity index (χ4n) is 12.6. The van der Waals surface area contributed by atoms with E-state index in [2.05, 4.69) is 302 Å². The van der Waals surface area contributed by atoms with Crippen LogP contribution in [0.4, 0.5) is 0 Å². The summed E-state index contributed by atoms with van der Waals surface area (Å²) < 4.78 is 2.47. The van der Waals surface area contributed by atoms with Crippen LogP contribution in [0.3, 0.4) is 0 Å². The van der Waals surface area contributed by atoms with Gasteiger partial charge in [0.15, 0.2) is 0 Å². The fourth-order valence-corrected chi connectivity index (χ4v) is 12.6. The van der Waals surface area contributed by atoms with Crippen LogP contribution in [0.15, 0.2) is 297 Å². The molecule has 0 aliphatic heterocycles. The summed E-state index contributed by atoms with van der Waals surface area (Å²) in [5.41, 5.74) is 13.9. The Bertz CT molecular complexity index is 4810. The summed E-state index contributed by atoms with van der Waals surface area (Å²) in [7, 11) is 0. The highest BCUT2D eigenvalue weighted by Gasteiger charge is 2.22. The van der Waals surface area contributed by atoms with Crippen LogP contribution in [0.25, 0.3) is 147 Å². The third kappa shape index (κ3) is 8.05. The first-order valence-corrected chi connectivity index (χ1v) is 26.7. The molecule has 0 saturated heterocycles. The maximum Gasteiger partial charge on any atom is 0.0619 e. The summed E-state index contributed by atoms with van der Waals surface area (Å²) >= 11 is 0. The van der Waals surface area contributed by atoms with E-state index in [0.717, 1.165) is 0 Å². The number of hydrogen-bond donors (Lipinski definition) is 0. The van der Waals surface area contributed by atoms with E-state index in [-0.39, 0.29) is 16.8 Å². The van der Waals surface area contributed by atoms with Gasteiger partial charge in [0, 0.05) is 38.4 Å². The van der Waals surface area contributed by atoms with Crippen LogP contribution >= 0.6 is 0 Å². The molecule has 0 N–H and O–H groups in total. The lowest BCUT2D eigenvalue weighted by Gasteiger charge is -2.20. The van der Waals surface area contributed by atoms with Gasteiger partial charge in [-0.3, -0.25) is 0 Å². The van der Waals surface area contributed by atoms with Crippen molar-refractivity contribution in [3.63, 3.8) is 0 Å². The molecule has 6 radical (unpaired) electrons. The summed E-state index contributed by atoms with van der Waals surface area (Å²) in [6, 6.07) is 108.